The first kappa shape index (κ1) is 8.96. The van der Waals surface area contributed by atoms with E-state index in [1.165, 1.54) is 12.1 Å². The van der Waals surface area contributed by atoms with Gasteiger partial charge in [0.15, 0.2) is 11.5 Å². The second kappa shape index (κ2) is 3.26. The summed E-state index contributed by atoms with van der Waals surface area (Å²) in [6.45, 7) is 1.45. The molecule has 4 N–H and O–H groups in total. The van der Waals surface area contributed by atoms with Gasteiger partial charge in [-0.3, -0.25) is 0 Å². The molecule has 1 aliphatic rings. The zero-order chi connectivity index (χ0) is 10.1. The fourth-order valence-corrected chi connectivity index (χ4v) is 1.17. The van der Waals surface area contributed by atoms with Gasteiger partial charge in [0, 0.05) is 13.1 Å². The van der Waals surface area contributed by atoms with Crippen LogP contribution in [0.1, 0.15) is 0 Å². The number of nitrogens with one attached hydrogen (secondary N) is 1. The topological polar surface area (TPSA) is 82.0 Å². The van der Waals surface area contributed by atoms with Gasteiger partial charge in [0.25, 0.3) is 0 Å². The lowest BCUT2D eigenvalue weighted by atomic mass is 10.2. The van der Waals surface area contributed by atoms with Gasteiger partial charge in [0.1, 0.15) is 6.10 Å². The molecule has 14 heavy (non-hydrogen) atoms. The van der Waals surface area contributed by atoms with Crippen LogP contribution in [0, 0.1) is 0 Å². The molecular weight excluding hydrogens is 186 g/mol. The smallest absolute Gasteiger partial charge is 0.204 e. The zero-order valence-corrected chi connectivity index (χ0v) is 7.40. The Hall–Kier alpha value is -1.62. The average Bonchev–Trinajstić information content (AvgIpc) is 2.10. The second-order valence-corrected chi connectivity index (χ2v) is 3.18. The van der Waals surface area contributed by atoms with E-state index in [2.05, 4.69) is 5.32 Å². The minimum Gasteiger partial charge on any atom is -0.504 e. The summed E-state index contributed by atoms with van der Waals surface area (Å²) in [5, 5.41) is 30.6. The molecule has 1 aliphatic heterocycles. The molecule has 0 atom stereocenters. The maximum atomic E-state index is 9.39. The first-order valence-electron chi connectivity index (χ1n) is 4.29. The number of aromatic hydroxyl groups is 3. The fourth-order valence-electron chi connectivity index (χ4n) is 1.17. The third-order valence-corrected chi connectivity index (χ3v) is 2.13. The van der Waals surface area contributed by atoms with Crippen LogP contribution in [-0.4, -0.2) is 34.5 Å². The van der Waals surface area contributed by atoms with E-state index in [0.717, 1.165) is 13.1 Å². The van der Waals surface area contributed by atoms with E-state index in [9.17, 15) is 10.2 Å². The van der Waals surface area contributed by atoms with Crippen LogP contribution >= 0.6 is 0 Å². The molecule has 0 bridgehead atoms. The molecule has 1 saturated heterocycles. The lowest BCUT2D eigenvalue weighted by Gasteiger charge is -2.28. The monoisotopic (exact) mass is 197 g/mol. The third-order valence-electron chi connectivity index (χ3n) is 2.13. The lowest BCUT2D eigenvalue weighted by Crippen LogP contribution is -2.50. The molecule has 5 heteroatoms. The van der Waals surface area contributed by atoms with Crippen LogP contribution in [0.15, 0.2) is 12.1 Å². The summed E-state index contributed by atoms with van der Waals surface area (Å²) in [5.74, 6) is -1.14. The molecule has 2 rings (SSSR count). The predicted octanol–water partition coefficient (Wildman–Crippen LogP) is 0.154. The second-order valence-electron chi connectivity index (χ2n) is 3.18. The van der Waals surface area contributed by atoms with Crippen LogP contribution in [0.5, 0.6) is 23.0 Å². The standard InChI is InChI=1S/C9H11NO4/c11-6-1-2-7(9(13)8(6)12)14-5-3-10-4-5/h1-2,5,10-13H,3-4H2. The molecule has 1 aromatic carbocycles. The van der Waals surface area contributed by atoms with Crippen LogP contribution in [-0.2, 0) is 0 Å². The maximum absolute atomic E-state index is 9.39. The minimum atomic E-state index is -0.546. The number of phenols is 3. The number of rotatable bonds is 2. The quantitative estimate of drug-likeness (QED) is 0.507. The van der Waals surface area contributed by atoms with E-state index in [1.54, 1.807) is 0 Å². The third kappa shape index (κ3) is 1.42. The van der Waals surface area contributed by atoms with Crippen molar-refractivity contribution in [2.24, 2.45) is 0 Å². The Morgan fingerprint density at radius 2 is 1.86 bits per heavy atom. The summed E-state index contributed by atoms with van der Waals surface area (Å²) in [4.78, 5) is 0. The molecule has 0 aliphatic carbocycles. The molecule has 1 fully saturated rings. The molecule has 0 spiro atoms. The molecule has 0 aromatic heterocycles. The number of phenolic OH excluding ortho intramolecular Hbond substituents is 3. The van der Waals surface area contributed by atoms with Crippen LogP contribution in [0.4, 0.5) is 0 Å². The van der Waals surface area contributed by atoms with Crippen LogP contribution in [0.25, 0.3) is 0 Å². The summed E-state index contributed by atoms with van der Waals surface area (Å²) in [6.07, 6.45) is 0.0184. The molecule has 0 saturated carbocycles. The van der Waals surface area contributed by atoms with E-state index in [-0.39, 0.29) is 17.6 Å². The van der Waals surface area contributed by atoms with Gasteiger partial charge in [0.2, 0.25) is 11.5 Å². The van der Waals surface area contributed by atoms with E-state index in [0.29, 0.717) is 0 Å². The van der Waals surface area contributed by atoms with E-state index in [4.69, 9.17) is 9.84 Å². The van der Waals surface area contributed by atoms with Gasteiger partial charge in [-0.2, -0.15) is 0 Å². The Labute approximate surface area is 80.6 Å². The molecule has 0 unspecified atom stereocenters. The van der Waals surface area contributed by atoms with Crippen molar-refractivity contribution in [2.45, 2.75) is 6.10 Å². The summed E-state index contributed by atoms with van der Waals surface area (Å²) in [6, 6.07) is 2.69. The molecule has 1 aromatic rings. The van der Waals surface area contributed by atoms with E-state index >= 15 is 0 Å². The van der Waals surface area contributed by atoms with Gasteiger partial charge >= 0.3 is 0 Å². The highest BCUT2D eigenvalue weighted by Gasteiger charge is 2.21. The van der Waals surface area contributed by atoms with Crippen molar-refractivity contribution >= 4 is 0 Å². The zero-order valence-electron chi connectivity index (χ0n) is 7.40. The highest BCUT2D eigenvalue weighted by molar-refractivity contribution is 5.56. The number of hydrogen-bond acceptors (Lipinski definition) is 5. The minimum absolute atomic E-state index is 0.0184. The Morgan fingerprint density at radius 3 is 2.43 bits per heavy atom. The van der Waals surface area contributed by atoms with Crippen LogP contribution < -0.4 is 10.1 Å². The van der Waals surface area contributed by atoms with Gasteiger partial charge in [-0.25, -0.2) is 0 Å². The van der Waals surface area contributed by atoms with Crippen molar-refractivity contribution in [3.8, 4) is 23.0 Å². The number of ether oxygens (including phenoxy) is 1. The van der Waals surface area contributed by atoms with Crippen LogP contribution in [0.2, 0.25) is 0 Å². The van der Waals surface area contributed by atoms with Crippen molar-refractivity contribution in [3.63, 3.8) is 0 Å². The normalized spacial score (nSPS) is 16.3. The fraction of sp³-hybridized carbons (Fsp3) is 0.333. The first-order valence-corrected chi connectivity index (χ1v) is 4.29. The highest BCUT2D eigenvalue weighted by atomic mass is 16.5. The largest absolute Gasteiger partial charge is 0.504 e. The van der Waals surface area contributed by atoms with Crippen molar-refractivity contribution < 1.29 is 20.1 Å². The highest BCUT2D eigenvalue weighted by Crippen LogP contribution is 2.41. The molecule has 5 nitrogen and oxygen atoms in total. The van der Waals surface area contributed by atoms with Crippen molar-refractivity contribution in [1.29, 1.82) is 0 Å². The van der Waals surface area contributed by atoms with E-state index < -0.39 is 11.5 Å². The molecular formula is C9H11NO4. The number of hydrogen-bond donors (Lipinski definition) is 4. The Bertz CT molecular complexity index is 349. The maximum Gasteiger partial charge on any atom is 0.204 e. The van der Waals surface area contributed by atoms with E-state index in [1.807, 2.05) is 0 Å². The van der Waals surface area contributed by atoms with Gasteiger partial charge < -0.3 is 25.4 Å². The van der Waals surface area contributed by atoms with Crippen molar-refractivity contribution in [2.75, 3.05) is 13.1 Å². The molecule has 1 heterocycles. The predicted molar refractivity (Wildman–Crippen MR) is 48.7 cm³/mol. The van der Waals surface area contributed by atoms with Gasteiger partial charge in [0.05, 0.1) is 0 Å². The Kier molecular flexibility index (Phi) is 2.09. The van der Waals surface area contributed by atoms with Gasteiger partial charge in [-0.05, 0) is 12.1 Å². The number of benzene rings is 1. The Balaban J connectivity index is 2.20. The molecule has 76 valence electrons. The van der Waals surface area contributed by atoms with Crippen LogP contribution in [0.3, 0.4) is 0 Å². The first-order chi connectivity index (χ1) is 6.68. The van der Waals surface area contributed by atoms with Crippen molar-refractivity contribution in [1.82, 2.24) is 5.32 Å². The van der Waals surface area contributed by atoms with Gasteiger partial charge in [-0.1, -0.05) is 0 Å². The summed E-state index contributed by atoms with van der Waals surface area (Å²) in [7, 11) is 0. The molecule has 0 amide bonds. The summed E-state index contributed by atoms with van der Waals surface area (Å²) in [5.41, 5.74) is 0. The van der Waals surface area contributed by atoms with Crippen molar-refractivity contribution in [3.05, 3.63) is 12.1 Å². The Morgan fingerprint density at radius 1 is 1.14 bits per heavy atom. The SMILES string of the molecule is Oc1ccc(OC2CNC2)c(O)c1O. The summed E-state index contributed by atoms with van der Waals surface area (Å²) < 4.78 is 5.33. The summed E-state index contributed by atoms with van der Waals surface area (Å²) >= 11 is 0. The molecule has 0 radical (unpaired) electrons. The van der Waals surface area contributed by atoms with Gasteiger partial charge in [-0.15, -0.1) is 0 Å². The lowest BCUT2D eigenvalue weighted by molar-refractivity contribution is 0.136. The average molecular weight is 197 g/mol.